The van der Waals surface area contributed by atoms with Crippen LogP contribution >= 0.6 is 0 Å². The first kappa shape index (κ1) is 26.5. The van der Waals surface area contributed by atoms with Crippen molar-refractivity contribution >= 4 is 5.78 Å². The van der Waals surface area contributed by atoms with Gasteiger partial charge in [0, 0.05) is 6.07 Å². The van der Waals surface area contributed by atoms with E-state index in [1.807, 2.05) is 0 Å². The Balaban J connectivity index is 2.02. The average Bonchev–Trinajstić information content (AvgIpc) is 2.78. The molecule has 0 aromatic heterocycles. The highest BCUT2D eigenvalue weighted by Gasteiger charge is 2.48. The maximum atomic E-state index is 12.3. The SMILES string of the molecule is CC(=O)c1c(O[C@H]2O[C@H](CO)[C@@H](O)[C@H](O)[C@H]2O)cc(O)c([C@@H]2O[C@@H](CO)[C@@H](O)[C@@H](O)[C@@H]2O)c1O. The zero-order chi connectivity index (χ0) is 25.5. The van der Waals surface area contributed by atoms with E-state index in [0.717, 1.165) is 13.0 Å². The van der Waals surface area contributed by atoms with Crippen LogP contribution in [0.25, 0.3) is 0 Å². The Hall–Kier alpha value is -2.11. The number of aliphatic hydroxyl groups excluding tert-OH is 8. The highest BCUT2D eigenvalue weighted by atomic mass is 16.7. The Labute approximate surface area is 192 Å². The number of phenols is 2. The summed E-state index contributed by atoms with van der Waals surface area (Å²) in [5.74, 6) is -3.08. The summed E-state index contributed by atoms with van der Waals surface area (Å²) in [6.07, 6.45) is -16.9. The van der Waals surface area contributed by atoms with Crippen LogP contribution in [0.1, 0.15) is 28.9 Å². The largest absolute Gasteiger partial charge is 0.507 e. The molecule has 2 heterocycles. The zero-order valence-electron chi connectivity index (χ0n) is 17.9. The molecule has 14 nitrogen and oxygen atoms in total. The minimum Gasteiger partial charge on any atom is -0.507 e. The maximum absolute atomic E-state index is 12.3. The van der Waals surface area contributed by atoms with Gasteiger partial charge in [-0.25, -0.2) is 0 Å². The second kappa shape index (κ2) is 10.2. The topological polar surface area (TPSA) is 247 Å². The van der Waals surface area contributed by atoms with Crippen molar-refractivity contribution in [1.82, 2.24) is 0 Å². The number of Topliss-reactive ketones (excluding diaryl/α,β-unsaturated/α-hetero) is 1. The van der Waals surface area contributed by atoms with Crippen LogP contribution < -0.4 is 4.74 Å². The van der Waals surface area contributed by atoms with E-state index in [-0.39, 0.29) is 0 Å². The van der Waals surface area contributed by atoms with Gasteiger partial charge in [-0.3, -0.25) is 4.79 Å². The number of benzene rings is 1. The van der Waals surface area contributed by atoms with Gasteiger partial charge < -0.3 is 65.3 Å². The molecule has 34 heavy (non-hydrogen) atoms. The van der Waals surface area contributed by atoms with Crippen molar-refractivity contribution in [3.63, 3.8) is 0 Å². The average molecular weight is 492 g/mol. The van der Waals surface area contributed by atoms with Crippen LogP contribution in [0.5, 0.6) is 17.2 Å². The first-order valence-electron chi connectivity index (χ1n) is 10.3. The van der Waals surface area contributed by atoms with Gasteiger partial charge in [-0.2, -0.15) is 0 Å². The molecule has 2 fully saturated rings. The number of aliphatic hydroxyl groups is 8. The summed E-state index contributed by atoms with van der Waals surface area (Å²) in [7, 11) is 0. The molecule has 1 aromatic rings. The van der Waals surface area contributed by atoms with E-state index in [1.54, 1.807) is 0 Å². The van der Waals surface area contributed by atoms with Crippen molar-refractivity contribution in [2.75, 3.05) is 13.2 Å². The Morgan fingerprint density at radius 2 is 1.38 bits per heavy atom. The summed E-state index contributed by atoms with van der Waals surface area (Å²) in [6.45, 7) is -0.513. The molecule has 0 bridgehead atoms. The van der Waals surface area contributed by atoms with Crippen LogP contribution in [0.15, 0.2) is 6.07 Å². The lowest BCUT2D eigenvalue weighted by Gasteiger charge is -2.41. The lowest BCUT2D eigenvalue weighted by atomic mass is 9.89. The molecule has 192 valence electrons. The van der Waals surface area contributed by atoms with Crippen molar-refractivity contribution in [3.05, 3.63) is 17.2 Å². The molecule has 0 spiro atoms. The molecule has 2 aliphatic heterocycles. The van der Waals surface area contributed by atoms with Crippen LogP contribution in [-0.2, 0) is 9.47 Å². The smallest absolute Gasteiger partial charge is 0.229 e. The predicted octanol–water partition coefficient (Wildman–Crippen LogP) is -4.01. The Bertz CT molecular complexity index is 889. The minimum atomic E-state index is -1.88. The number of ether oxygens (including phenoxy) is 3. The fraction of sp³-hybridized carbons (Fsp3) is 0.650. The number of ketones is 1. The fourth-order valence-corrected chi connectivity index (χ4v) is 3.99. The van der Waals surface area contributed by atoms with Crippen molar-refractivity contribution in [2.24, 2.45) is 0 Å². The normalized spacial score (nSPS) is 38.5. The van der Waals surface area contributed by atoms with Gasteiger partial charge in [0.2, 0.25) is 6.29 Å². The van der Waals surface area contributed by atoms with Crippen molar-refractivity contribution in [3.8, 4) is 17.2 Å². The molecule has 0 radical (unpaired) electrons. The van der Waals surface area contributed by atoms with Crippen molar-refractivity contribution < 1.29 is 70.1 Å². The molecule has 10 N–H and O–H groups in total. The highest BCUT2D eigenvalue weighted by Crippen LogP contribution is 2.46. The molecule has 3 rings (SSSR count). The number of hydrogen-bond acceptors (Lipinski definition) is 14. The van der Waals surface area contributed by atoms with E-state index >= 15 is 0 Å². The molecule has 2 aliphatic rings. The molecule has 0 unspecified atom stereocenters. The molecule has 0 amide bonds. The predicted molar refractivity (Wildman–Crippen MR) is 107 cm³/mol. The van der Waals surface area contributed by atoms with E-state index < -0.39 is 109 Å². The third-order valence-electron chi connectivity index (χ3n) is 5.90. The fourth-order valence-electron chi connectivity index (χ4n) is 3.99. The van der Waals surface area contributed by atoms with E-state index in [4.69, 9.17) is 14.2 Å². The minimum absolute atomic E-state index is 0.528. The summed E-state index contributed by atoms with van der Waals surface area (Å²) < 4.78 is 15.9. The number of carbonyl (C=O) groups is 1. The van der Waals surface area contributed by atoms with E-state index in [2.05, 4.69) is 0 Å². The van der Waals surface area contributed by atoms with Crippen molar-refractivity contribution in [2.45, 2.75) is 68.1 Å². The summed E-state index contributed by atoms with van der Waals surface area (Å²) in [4.78, 5) is 12.3. The molecule has 1 aromatic carbocycles. The standard InChI is InChI=1S/C20H28O14/c1-5(23)10-7(33-20-18(31)16(29)13(26)9(4-22)34-20)2-6(24)11(14(10)27)19-17(30)15(28)12(25)8(3-21)32-19/h2,8-9,12-13,15-22,24-31H,3-4H2,1H3/t8-,9+,12+,13+,15+,16-,17-,18+,19-,20-/m0/s1. The van der Waals surface area contributed by atoms with Gasteiger partial charge in [-0.1, -0.05) is 0 Å². The number of carbonyl (C=O) groups excluding carboxylic acids is 1. The third kappa shape index (κ3) is 4.57. The first-order chi connectivity index (χ1) is 15.9. The van der Waals surface area contributed by atoms with Gasteiger partial charge in [0.05, 0.1) is 18.8 Å². The monoisotopic (exact) mass is 492 g/mol. The summed E-state index contributed by atoms with van der Waals surface area (Å²) >= 11 is 0. The van der Waals surface area contributed by atoms with Gasteiger partial charge in [-0.15, -0.1) is 0 Å². The highest BCUT2D eigenvalue weighted by molar-refractivity contribution is 6.00. The maximum Gasteiger partial charge on any atom is 0.229 e. The lowest BCUT2D eigenvalue weighted by Crippen LogP contribution is -2.60. The van der Waals surface area contributed by atoms with Crippen molar-refractivity contribution in [1.29, 1.82) is 0 Å². The Kier molecular flexibility index (Phi) is 7.99. The molecule has 10 atom stereocenters. The number of hydrogen-bond donors (Lipinski definition) is 10. The molecular weight excluding hydrogens is 464 g/mol. The summed E-state index contributed by atoms with van der Waals surface area (Å²) in [6, 6.07) is 0.814. The second-order valence-corrected chi connectivity index (χ2v) is 8.15. The van der Waals surface area contributed by atoms with Gasteiger partial charge >= 0.3 is 0 Å². The molecule has 2 saturated heterocycles. The van der Waals surface area contributed by atoms with Crippen LogP contribution in [-0.4, -0.2) is 125 Å². The molecule has 0 saturated carbocycles. The summed E-state index contributed by atoms with van der Waals surface area (Å²) in [5.41, 5.74) is -1.12. The van der Waals surface area contributed by atoms with Gasteiger partial charge in [-0.05, 0) is 6.92 Å². The quantitative estimate of drug-likeness (QED) is 0.170. The van der Waals surface area contributed by atoms with Crippen LogP contribution in [0, 0.1) is 0 Å². The lowest BCUT2D eigenvalue weighted by molar-refractivity contribution is -0.277. The Morgan fingerprint density at radius 3 is 1.91 bits per heavy atom. The molecular formula is C20H28O14. The van der Waals surface area contributed by atoms with Gasteiger partial charge in [0.15, 0.2) is 5.78 Å². The summed E-state index contributed by atoms with van der Waals surface area (Å²) in [5, 5.41) is 100. The molecule has 14 heteroatoms. The first-order valence-corrected chi connectivity index (χ1v) is 10.3. The second-order valence-electron chi connectivity index (χ2n) is 8.15. The third-order valence-corrected chi connectivity index (χ3v) is 5.90. The number of rotatable bonds is 6. The van der Waals surface area contributed by atoms with E-state index in [1.165, 1.54) is 0 Å². The van der Waals surface area contributed by atoms with E-state index in [0.29, 0.717) is 0 Å². The number of phenolic OH excluding ortho intramolecular Hbond substituents is 2. The zero-order valence-corrected chi connectivity index (χ0v) is 17.9. The van der Waals surface area contributed by atoms with Gasteiger partial charge in [0.1, 0.15) is 77.7 Å². The van der Waals surface area contributed by atoms with Gasteiger partial charge in [0.25, 0.3) is 0 Å². The van der Waals surface area contributed by atoms with Crippen LogP contribution in [0.2, 0.25) is 0 Å². The Morgan fingerprint density at radius 1 is 0.853 bits per heavy atom. The number of aromatic hydroxyl groups is 2. The van der Waals surface area contributed by atoms with Crippen LogP contribution in [0.3, 0.4) is 0 Å². The van der Waals surface area contributed by atoms with Crippen LogP contribution in [0.4, 0.5) is 0 Å². The van der Waals surface area contributed by atoms with E-state index in [9.17, 15) is 55.9 Å². The molecule has 0 aliphatic carbocycles.